The molecule has 1 aromatic carbocycles. The number of nitrogens with zero attached hydrogens (tertiary/aromatic N) is 3. The van der Waals surface area contributed by atoms with Gasteiger partial charge < -0.3 is 24.5 Å². The number of rotatable bonds is 11. The zero-order valence-electron chi connectivity index (χ0n) is 24.6. The summed E-state index contributed by atoms with van der Waals surface area (Å²) in [5.74, 6) is -2.32. The van der Waals surface area contributed by atoms with Crippen LogP contribution in [0.5, 0.6) is 0 Å². The Morgan fingerprint density at radius 3 is 2.38 bits per heavy atom. The van der Waals surface area contributed by atoms with Crippen LogP contribution >= 0.6 is 0 Å². The molecule has 3 aliphatic heterocycles. The van der Waals surface area contributed by atoms with Gasteiger partial charge in [-0.1, -0.05) is 50.6 Å². The largest absolute Gasteiger partial charge is 0.394 e. The standard InChI is InChI=1S/C32H45N3O5/c1-8-18-33(22-14-12-11-13-15-22)28(37)25-24-16-17-32(40-24)26(25)29(38)35(23(20-36)21(4)10-3)27(32)30(39)34(19-9-2)31(5,6)7/h8-9,11-15,21,23-27,36H,1-2,10,16-20H2,3-7H3/t21-,23-,24+,25-,26-,27?,32?/m0/s1. The Balaban J connectivity index is 1.83. The quantitative estimate of drug-likeness (QED) is 0.423. The van der Waals surface area contributed by atoms with E-state index in [1.165, 1.54) is 0 Å². The fourth-order valence-corrected chi connectivity index (χ4v) is 7.03. The van der Waals surface area contributed by atoms with Crippen LogP contribution in [0.15, 0.2) is 55.6 Å². The number of benzene rings is 1. The highest BCUT2D eigenvalue weighted by Gasteiger charge is 2.75. The Bertz CT molecular complexity index is 1130. The maximum absolute atomic E-state index is 14.5. The summed E-state index contributed by atoms with van der Waals surface area (Å²) in [5.41, 5.74) is -0.960. The average molecular weight is 552 g/mol. The topological polar surface area (TPSA) is 90.4 Å². The predicted molar refractivity (Wildman–Crippen MR) is 155 cm³/mol. The van der Waals surface area contributed by atoms with Crippen molar-refractivity contribution in [2.24, 2.45) is 17.8 Å². The fourth-order valence-electron chi connectivity index (χ4n) is 7.03. The number of carbonyl (C=O) groups is 3. The molecule has 3 saturated heterocycles. The van der Waals surface area contributed by atoms with Gasteiger partial charge in [-0.05, 0) is 51.7 Å². The highest BCUT2D eigenvalue weighted by Crippen LogP contribution is 2.59. The second-order valence-electron chi connectivity index (χ2n) is 12.4. The molecule has 7 atom stereocenters. The third kappa shape index (κ3) is 4.79. The molecule has 0 saturated carbocycles. The van der Waals surface area contributed by atoms with Crippen molar-refractivity contribution in [1.82, 2.24) is 9.80 Å². The highest BCUT2D eigenvalue weighted by molar-refractivity contribution is 6.03. The van der Waals surface area contributed by atoms with E-state index < -0.39 is 41.2 Å². The Hall–Kier alpha value is -2.97. The van der Waals surface area contributed by atoms with E-state index in [-0.39, 0.29) is 36.8 Å². The zero-order chi connectivity index (χ0) is 29.4. The van der Waals surface area contributed by atoms with Crippen LogP contribution in [-0.4, -0.2) is 81.7 Å². The first kappa shape index (κ1) is 30.0. The van der Waals surface area contributed by atoms with Gasteiger partial charge in [-0.25, -0.2) is 0 Å². The molecule has 2 bridgehead atoms. The molecule has 1 spiro atoms. The van der Waals surface area contributed by atoms with E-state index in [0.717, 1.165) is 12.1 Å². The van der Waals surface area contributed by atoms with Gasteiger partial charge in [0.1, 0.15) is 11.6 Å². The summed E-state index contributed by atoms with van der Waals surface area (Å²) in [6.07, 6.45) is 4.69. The molecule has 218 valence electrons. The molecular weight excluding hydrogens is 506 g/mol. The molecule has 8 nitrogen and oxygen atoms in total. The molecule has 1 aromatic rings. The molecule has 2 unspecified atom stereocenters. The maximum Gasteiger partial charge on any atom is 0.249 e. The van der Waals surface area contributed by atoms with Crippen LogP contribution in [0.2, 0.25) is 0 Å². The van der Waals surface area contributed by atoms with Gasteiger partial charge in [0.05, 0.1) is 30.6 Å². The average Bonchev–Trinajstić information content (AvgIpc) is 3.57. The highest BCUT2D eigenvalue weighted by atomic mass is 16.5. The lowest BCUT2D eigenvalue weighted by Gasteiger charge is -2.44. The third-order valence-electron chi connectivity index (χ3n) is 9.14. The van der Waals surface area contributed by atoms with Crippen molar-refractivity contribution < 1.29 is 24.2 Å². The van der Waals surface area contributed by atoms with Crippen LogP contribution in [0.4, 0.5) is 5.69 Å². The number of aliphatic hydroxyl groups excluding tert-OH is 1. The monoisotopic (exact) mass is 551 g/mol. The number of para-hydroxylation sites is 1. The van der Waals surface area contributed by atoms with Crippen LogP contribution in [0.1, 0.15) is 53.9 Å². The van der Waals surface area contributed by atoms with E-state index in [9.17, 15) is 19.5 Å². The number of ether oxygens (including phenoxy) is 1. The second kappa shape index (κ2) is 11.5. The number of aliphatic hydroxyl groups is 1. The van der Waals surface area contributed by atoms with Gasteiger partial charge in [-0.3, -0.25) is 14.4 Å². The van der Waals surface area contributed by atoms with Crippen molar-refractivity contribution in [1.29, 1.82) is 0 Å². The Kier molecular flexibility index (Phi) is 8.62. The Labute approximate surface area is 238 Å². The lowest BCUT2D eigenvalue weighted by molar-refractivity contribution is -0.155. The first-order valence-corrected chi connectivity index (χ1v) is 14.5. The van der Waals surface area contributed by atoms with E-state index in [4.69, 9.17) is 4.74 Å². The molecule has 3 heterocycles. The second-order valence-corrected chi connectivity index (χ2v) is 12.4. The maximum atomic E-state index is 14.5. The van der Waals surface area contributed by atoms with Gasteiger partial charge in [0.2, 0.25) is 17.7 Å². The summed E-state index contributed by atoms with van der Waals surface area (Å²) >= 11 is 0. The van der Waals surface area contributed by atoms with E-state index in [0.29, 0.717) is 19.4 Å². The van der Waals surface area contributed by atoms with Crippen LogP contribution in [-0.2, 0) is 19.1 Å². The summed E-state index contributed by atoms with van der Waals surface area (Å²) in [4.78, 5) is 48.3. The number of amides is 3. The number of carbonyl (C=O) groups excluding carboxylic acids is 3. The molecular formula is C32H45N3O5. The number of likely N-dealkylation sites (tertiary alicyclic amines) is 1. The molecule has 40 heavy (non-hydrogen) atoms. The predicted octanol–water partition coefficient (Wildman–Crippen LogP) is 3.80. The molecule has 8 heteroatoms. The molecule has 0 radical (unpaired) electrons. The van der Waals surface area contributed by atoms with Gasteiger partial charge in [-0.2, -0.15) is 0 Å². The minimum absolute atomic E-state index is 0.0603. The van der Waals surface area contributed by atoms with Gasteiger partial charge >= 0.3 is 0 Å². The van der Waals surface area contributed by atoms with Crippen molar-refractivity contribution >= 4 is 23.4 Å². The normalized spacial score (nSPS) is 28.6. The van der Waals surface area contributed by atoms with Gasteiger partial charge in [-0.15, -0.1) is 13.2 Å². The molecule has 4 rings (SSSR count). The number of hydrogen-bond acceptors (Lipinski definition) is 5. The summed E-state index contributed by atoms with van der Waals surface area (Å²) < 4.78 is 6.67. The fraction of sp³-hybridized carbons (Fsp3) is 0.594. The first-order chi connectivity index (χ1) is 19.0. The summed E-state index contributed by atoms with van der Waals surface area (Å²) in [6, 6.07) is 7.83. The Morgan fingerprint density at radius 1 is 1.18 bits per heavy atom. The SMILES string of the molecule is C=CCN(C(=O)[C@@H]1[C@H]2C(=O)N([C@@H](CO)[C@@H](C)CC)C(C(=O)N(CC=C)C(C)(C)C)C23CC[C@H]1O3)c1ccccc1. The lowest BCUT2D eigenvalue weighted by Crippen LogP contribution is -2.62. The van der Waals surface area contributed by atoms with Crippen LogP contribution in [0.25, 0.3) is 0 Å². The molecule has 0 aromatic heterocycles. The number of fused-ring (bicyclic) bond motifs is 1. The molecule has 3 amide bonds. The first-order valence-electron chi connectivity index (χ1n) is 14.5. The van der Waals surface area contributed by atoms with Crippen molar-refractivity contribution in [3.05, 3.63) is 55.6 Å². The van der Waals surface area contributed by atoms with Gasteiger partial charge in [0.15, 0.2) is 0 Å². The van der Waals surface area contributed by atoms with E-state index >= 15 is 0 Å². The van der Waals surface area contributed by atoms with Crippen LogP contribution < -0.4 is 4.90 Å². The zero-order valence-corrected chi connectivity index (χ0v) is 24.6. The van der Waals surface area contributed by atoms with E-state index in [2.05, 4.69) is 13.2 Å². The van der Waals surface area contributed by atoms with Crippen LogP contribution in [0.3, 0.4) is 0 Å². The summed E-state index contributed by atoms with van der Waals surface area (Å²) in [7, 11) is 0. The van der Waals surface area contributed by atoms with E-state index in [1.807, 2.05) is 65.0 Å². The van der Waals surface area contributed by atoms with E-state index in [1.54, 1.807) is 26.9 Å². The van der Waals surface area contributed by atoms with Gasteiger partial charge in [0, 0.05) is 24.3 Å². The molecule has 1 N–H and O–H groups in total. The van der Waals surface area contributed by atoms with Crippen LogP contribution in [0, 0.1) is 17.8 Å². The van der Waals surface area contributed by atoms with Crippen molar-refractivity contribution in [3.63, 3.8) is 0 Å². The minimum atomic E-state index is -1.14. The molecule has 0 aliphatic carbocycles. The Morgan fingerprint density at radius 2 is 1.82 bits per heavy atom. The molecule has 3 aliphatic rings. The molecule has 3 fully saturated rings. The van der Waals surface area contributed by atoms with Gasteiger partial charge in [0.25, 0.3) is 0 Å². The van der Waals surface area contributed by atoms with Crippen molar-refractivity contribution in [2.75, 3.05) is 24.6 Å². The van der Waals surface area contributed by atoms with Crippen molar-refractivity contribution in [3.8, 4) is 0 Å². The summed E-state index contributed by atoms with van der Waals surface area (Å²) in [5, 5.41) is 10.6. The van der Waals surface area contributed by atoms with Crippen molar-refractivity contribution in [2.45, 2.75) is 83.2 Å². The number of hydrogen-bond donors (Lipinski definition) is 1. The lowest BCUT2D eigenvalue weighted by atomic mass is 9.70. The third-order valence-corrected chi connectivity index (χ3v) is 9.14. The number of anilines is 1. The summed E-state index contributed by atoms with van der Waals surface area (Å²) in [6.45, 7) is 17.9. The minimum Gasteiger partial charge on any atom is -0.394 e. The smallest absolute Gasteiger partial charge is 0.249 e.